The summed E-state index contributed by atoms with van der Waals surface area (Å²) < 4.78 is 13.6. The first-order valence-corrected chi connectivity index (χ1v) is 22.9. The fourth-order valence-corrected chi connectivity index (χ4v) is 11.4. The third-order valence-corrected chi connectivity index (χ3v) is 14.5. The van der Waals surface area contributed by atoms with Gasteiger partial charge < -0.3 is 19.2 Å². The number of ether oxygens (including phenoxy) is 2. The molecule has 0 saturated carbocycles. The first-order valence-electron chi connectivity index (χ1n) is 22.9. The van der Waals surface area contributed by atoms with Gasteiger partial charge in [-0.15, -0.1) is 0 Å². The molecule has 1 aliphatic carbocycles. The number of rotatable bonds is 3. The van der Waals surface area contributed by atoms with Gasteiger partial charge in [0.15, 0.2) is 23.0 Å². The number of aryl methyl sites for hydroxylation is 1. The van der Waals surface area contributed by atoms with Crippen molar-refractivity contribution in [2.75, 3.05) is 9.71 Å². The van der Waals surface area contributed by atoms with Crippen molar-refractivity contribution < 1.29 is 9.47 Å². The van der Waals surface area contributed by atoms with E-state index in [0.29, 0.717) is 23.0 Å². The van der Waals surface area contributed by atoms with E-state index in [1.807, 2.05) is 24.3 Å². The molecule has 0 unspecified atom stereocenters. The van der Waals surface area contributed by atoms with E-state index in [-0.39, 0.29) is 17.7 Å². The van der Waals surface area contributed by atoms with Gasteiger partial charge in [-0.2, -0.15) is 0 Å². The summed E-state index contributed by atoms with van der Waals surface area (Å²) in [6.45, 7) is 13.8. The Morgan fingerprint density at radius 3 is 1.88 bits per heavy atom. The second-order valence-corrected chi connectivity index (χ2v) is 19.8. The third-order valence-electron chi connectivity index (χ3n) is 14.5. The zero-order chi connectivity index (χ0) is 43.9. The van der Waals surface area contributed by atoms with Crippen LogP contribution >= 0.6 is 0 Å². The largest absolute Gasteiger partial charge is 0.450 e. The zero-order valence-corrected chi connectivity index (χ0v) is 37.5. The molecule has 4 aliphatic rings. The molecule has 4 nitrogen and oxygen atoms in total. The molecule has 0 saturated heterocycles. The molecule has 0 bridgehead atoms. The van der Waals surface area contributed by atoms with Crippen LogP contribution in [0.15, 0.2) is 176 Å². The monoisotopic (exact) mass is 838 g/mol. The predicted octanol–water partition coefficient (Wildman–Crippen LogP) is 15.0. The van der Waals surface area contributed by atoms with E-state index in [4.69, 9.17) is 9.47 Å². The molecule has 9 aromatic rings. The Morgan fingerprint density at radius 2 is 1.15 bits per heavy atom. The molecular formula is C60H47BN2O2. The van der Waals surface area contributed by atoms with Crippen LogP contribution in [-0.2, 0) is 10.8 Å². The van der Waals surface area contributed by atoms with Crippen LogP contribution in [0.4, 0.5) is 28.4 Å². The number of hydrogen-bond donors (Lipinski definition) is 0. The van der Waals surface area contributed by atoms with Crippen molar-refractivity contribution in [2.24, 2.45) is 0 Å². The summed E-state index contributed by atoms with van der Waals surface area (Å²) in [6.07, 6.45) is 0. The number of anilines is 5. The Hall–Kier alpha value is -7.50. The SMILES string of the molecule is Cc1cc(C(C)(C)C)ccc1N1c2cc3c(cc2B2c4c1cc1c(c4-c4cc5ccccc5cc4N2c2ccc(-c4ccccc4)cc2)C(C)(C)c2ccccc2-1)Oc1ccccc1O3. The number of hydrogen-bond acceptors (Lipinski definition) is 4. The molecule has 3 aliphatic heterocycles. The van der Waals surface area contributed by atoms with E-state index < -0.39 is 0 Å². The van der Waals surface area contributed by atoms with Gasteiger partial charge in [0.25, 0.3) is 0 Å². The van der Waals surface area contributed by atoms with Crippen LogP contribution in [0.1, 0.15) is 56.9 Å². The normalized spacial score (nSPS) is 14.6. The molecule has 65 heavy (non-hydrogen) atoms. The molecular weight excluding hydrogens is 791 g/mol. The highest BCUT2D eigenvalue weighted by molar-refractivity contribution is 6.93. The molecule has 312 valence electrons. The van der Waals surface area contributed by atoms with Gasteiger partial charge in [-0.3, -0.25) is 0 Å². The summed E-state index contributed by atoms with van der Waals surface area (Å²) in [5, 5.41) is 2.44. The molecule has 0 radical (unpaired) electrons. The van der Waals surface area contributed by atoms with Gasteiger partial charge in [-0.05, 0) is 139 Å². The lowest BCUT2D eigenvalue weighted by Crippen LogP contribution is -2.62. The first kappa shape index (κ1) is 38.0. The minimum Gasteiger partial charge on any atom is -0.450 e. The van der Waals surface area contributed by atoms with Crippen LogP contribution in [0.3, 0.4) is 0 Å². The smallest absolute Gasteiger partial charge is 0.333 e. The molecule has 0 amide bonds. The van der Waals surface area contributed by atoms with E-state index in [0.717, 1.165) is 22.5 Å². The van der Waals surface area contributed by atoms with Crippen LogP contribution in [0.5, 0.6) is 23.0 Å². The Bertz CT molecular complexity index is 3480. The number of benzene rings is 9. The summed E-state index contributed by atoms with van der Waals surface area (Å²) in [4.78, 5) is 5.15. The number of para-hydroxylation sites is 2. The maximum absolute atomic E-state index is 6.81. The predicted molar refractivity (Wildman–Crippen MR) is 271 cm³/mol. The van der Waals surface area contributed by atoms with Gasteiger partial charge in [-0.1, -0.05) is 150 Å². The van der Waals surface area contributed by atoms with Crippen LogP contribution in [0.25, 0.3) is 44.2 Å². The molecule has 13 rings (SSSR count). The van der Waals surface area contributed by atoms with Crippen molar-refractivity contribution in [1.82, 2.24) is 0 Å². The van der Waals surface area contributed by atoms with Gasteiger partial charge in [0.1, 0.15) is 0 Å². The minimum atomic E-state index is -0.269. The second-order valence-electron chi connectivity index (χ2n) is 19.8. The fourth-order valence-electron chi connectivity index (χ4n) is 11.4. The number of nitrogens with zero attached hydrogens (tertiary/aromatic N) is 2. The van der Waals surface area contributed by atoms with Crippen LogP contribution < -0.4 is 30.1 Å². The third kappa shape index (κ3) is 5.51. The average Bonchev–Trinajstić information content (AvgIpc) is 3.55. The van der Waals surface area contributed by atoms with E-state index in [2.05, 4.69) is 203 Å². The van der Waals surface area contributed by atoms with Crippen molar-refractivity contribution in [2.45, 2.75) is 52.4 Å². The van der Waals surface area contributed by atoms with Crippen LogP contribution in [-0.4, -0.2) is 6.85 Å². The van der Waals surface area contributed by atoms with Crippen molar-refractivity contribution in [1.29, 1.82) is 0 Å². The lowest BCUT2D eigenvalue weighted by Gasteiger charge is -2.47. The summed E-state index contributed by atoms with van der Waals surface area (Å²) in [7, 11) is 0. The highest BCUT2D eigenvalue weighted by atomic mass is 16.6. The van der Waals surface area contributed by atoms with Gasteiger partial charge in [0, 0.05) is 45.5 Å². The zero-order valence-electron chi connectivity index (χ0n) is 37.5. The molecule has 0 atom stereocenters. The quantitative estimate of drug-likeness (QED) is 0.166. The lowest BCUT2D eigenvalue weighted by atomic mass is 9.42. The van der Waals surface area contributed by atoms with Crippen LogP contribution in [0, 0.1) is 6.92 Å². The summed E-state index contributed by atoms with van der Waals surface area (Å²) in [5.41, 5.74) is 20.7. The highest BCUT2D eigenvalue weighted by Crippen LogP contribution is 2.59. The average molecular weight is 839 g/mol. The van der Waals surface area contributed by atoms with Gasteiger partial charge in [0.2, 0.25) is 0 Å². The Morgan fingerprint density at radius 1 is 0.508 bits per heavy atom. The molecule has 0 aromatic heterocycles. The van der Waals surface area contributed by atoms with Gasteiger partial charge in [-0.25, -0.2) is 0 Å². The Balaban J connectivity index is 1.17. The van der Waals surface area contributed by atoms with E-state index >= 15 is 0 Å². The van der Waals surface area contributed by atoms with Gasteiger partial charge >= 0.3 is 6.85 Å². The highest BCUT2D eigenvalue weighted by Gasteiger charge is 2.50. The van der Waals surface area contributed by atoms with Crippen molar-refractivity contribution in [3.8, 4) is 56.4 Å². The summed E-state index contributed by atoms with van der Waals surface area (Å²) >= 11 is 0. The molecule has 9 aromatic carbocycles. The summed E-state index contributed by atoms with van der Waals surface area (Å²) in [5.74, 6) is 2.85. The molecule has 3 heterocycles. The van der Waals surface area contributed by atoms with E-state index in [9.17, 15) is 0 Å². The van der Waals surface area contributed by atoms with E-state index in [1.54, 1.807) is 0 Å². The maximum Gasteiger partial charge on any atom is 0.333 e. The first-order chi connectivity index (χ1) is 31.5. The van der Waals surface area contributed by atoms with Crippen molar-refractivity contribution >= 4 is 57.0 Å². The topological polar surface area (TPSA) is 24.9 Å². The molecule has 5 heteroatoms. The van der Waals surface area contributed by atoms with E-state index in [1.165, 1.54) is 83.2 Å². The Labute approximate surface area is 381 Å². The maximum atomic E-state index is 6.81. The van der Waals surface area contributed by atoms with Crippen molar-refractivity contribution in [3.63, 3.8) is 0 Å². The second kappa shape index (κ2) is 13.5. The fraction of sp³-hybridized carbons (Fsp3) is 0.133. The van der Waals surface area contributed by atoms with Gasteiger partial charge in [0.05, 0.1) is 0 Å². The minimum absolute atomic E-state index is 0.00307. The van der Waals surface area contributed by atoms with Crippen LogP contribution in [0.2, 0.25) is 0 Å². The molecule has 0 spiro atoms. The number of fused-ring (bicyclic) bond motifs is 11. The lowest BCUT2D eigenvalue weighted by molar-refractivity contribution is 0.360. The molecule has 0 fully saturated rings. The molecule has 0 N–H and O–H groups in total. The standard InChI is InChI=1S/C60H47BN2O2/c1-36-30-41(59(2,3)4)26-29-48(36)62-50-35-55-54(64-52-22-14-15-23-53(52)65-55)34-47(50)61-58-51(62)33-44-43-20-12-13-21-46(43)60(5,6)57(44)56(58)45-31-39-18-10-11-19-40(39)32-49(45)63(61)42-27-24-38(25-28-42)37-16-8-7-9-17-37/h7-35H,1-6H3. The Kier molecular flexibility index (Phi) is 7.90. The summed E-state index contributed by atoms with van der Waals surface area (Å²) in [6, 6.07) is 64.7. The van der Waals surface area contributed by atoms with Crippen molar-refractivity contribution in [3.05, 3.63) is 198 Å².